The van der Waals surface area contributed by atoms with Crippen LogP contribution >= 0.6 is 11.6 Å². The van der Waals surface area contributed by atoms with Gasteiger partial charge in [0, 0.05) is 22.7 Å². The number of alkyl halides is 2. The van der Waals surface area contributed by atoms with Crippen LogP contribution in [0.4, 0.5) is 8.78 Å². The molecule has 212 valence electrons. The maximum absolute atomic E-state index is 14.9. The molecule has 4 aromatic rings. The first-order chi connectivity index (χ1) is 19.5. The summed E-state index contributed by atoms with van der Waals surface area (Å²) in [7, 11) is 0. The summed E-state index contributed by atoms with van der Waals surface area (Å²) in [6.45, 7) is 7.23. The number of aromatic amines is 1. The predicted octanol–water partition coefficient (Wildman–Crippen LogP) is 7.15. The normalized spacial score (nSPS) is 11.5. The third-order valence-electron chi connectivity index (χ3n) is 6.81. The van der Waals surface area contributed by atoms with E-state index in [-0.39, 0.29) is 28.4 Å². The van der Waals surface area contributed by atoms with E-state index in [1.165, 1.54) is 25.1 Å². The van der Waals surface area contributed by atoms with Crippen molar-refractivity contribution in [3.8, 4) is 28.7 Å². The van der Waals surface area contributed by atoms with E-state index in [1.807, 2.05) is 37.3 Å². The van der Waals surface area contributed by atoms with Crippen molar-refractivity contribution < 1.29 is 13.5 Å². The van der Waals surface area contributed by atoms with Gasteiger partial charge >= 0.3 is 0 Å². The van der Waals surface area contributed by atoms with E-state index in [0.29, 0.717) is 34.7 Å². The molecule has 0 saturated carbocycles. The van der Waals surface area contributed by atoms with Crippen LogP contribution in [0, 0.1) is 11.3 Å². The monoisotopic (exact) mass is 578 g/mol. The minimum absolute atomic E-state index is 0.0516. The summed E-state index contributed by atoms with van der Waals surface area (Å²) in [6.07, 6.45) is 0.903. The fourth-order valence-electron chi connectivity index (χ4n) is 4.42. The number of ether oxygens (including phenoxy) is 1. The lowest BCUT2D eigenvalue weighted by Crippen LogP contribution is -2.28. The molecule has 0 radical (unpaired) electrons. The van der Waals surface area contributed by atoms with Crippen LogP contribution in [-0.4, -0.2) is 14.5 Å². The number of H-pyrrole nitrogens is 1. The zero-order valence-electron chi connectivity index (χ0n) is 23.1. The van der Waals surface area contributed by atoms with Crippen LogP contribution in [-0.2, 0) is 18.9 Å². The van der Waals surface area contributed by atoms with Crippen molar-refractivity contribution >= 4 is 11.6 Å². The molecule has 2 aromatic heterocycles. The number of aromatic nitrogens is 3. The molecule has 0 aliphatic rings. The van der Waals surface area contributed by atoms with E-state index in [1.54, 1.807) is 6.07 Å². The third-order valence-corrected chi connectivity index (χ3v) is 7.02. The zero-order valence-corrected chi connectivity index (χ0v) is 23.9. The molecular formula is C31H29ClF2N4O3. The topological polar surface area (TPSA) is 101 Å². The quantitative estimate of drug-likeness (QED) is 0.227. The molecule has 4 rings (SSSR count). The van der Waals surface area contributed by atoms with Gasteiger partial charge in [-0.25, -0.2) is 4.98 Å². The Kier molecular flexibility index (Phi) is 8.74. The number of nitrogens with zero attached hydrogens (tertiary/aromatic N) is 3. The first-order valence-electron chi connectivity index (χ1n) is 13.2. The number of hydrogen-bond donors (Lipinski definition) is 1. The molecule has 2 aromatic carbocycles. The number of nitriles is 1. The smallest absolute Gasteiger partial charge is 0.297 e. The number of halogens is 3. The minimum atomic E-state index is -3.45. The molecule has 0 aliphatic carbocycles. The van der Waals surface area contributed by atoms with Crippen molar-refractivity contribution in [1.29, 1.82) is 5.26 Å². The van der Waals surface area contributed by atoms with Crippen molar-refractivity contribution in [1.82, 2.24) is 14.5 Å². The molecule has 2 heterocycles. The maximum Gasteiger partial charge on any atom is 0.297 e. The number of hydrogen-bond acceptors (Lipinski definition) is 5. The van der Waals surface area contributed by atoms with Crippen LogP contribution in [0.5, 0.6) is 11.5 Å². The zero-order chi connectivity index (χ0) is 29.9. The first-order valence-corrected chi connectivity index (χ1v) is 13.6. The number of aryl methyl sites for hydroxylation is 1. The van der Waals surface area contributed by atoms with E-state index in [0.717, 1.165) is 16.5 Å². The van der Waals surface area contributed by atoms with Crippen LogP contribution in [0.15, 0.2) is 64.4 Å². The van der Waals surface area contributed by atoms with Gasteiger partial charge in [-0.05, 0) is 53.3 Å². The van der Waals surface area contributed by atoms with Gasteiger partial charge in [-0.3, -0.25) is 14.2 Å². The fourth-order valence-corrected chi connectivity index (χ4v) is 4.65. The Morgan fingerprint density at radius 1 is 1.12 bits per heavy atom. The van der Waals surface area contributed by atoms with E-state index >= 15 is 0 Å². The van der Waals surface area contributed by atoms with Crippen molar-refractivity contribution in [2.75, 3.05) is 0 Å². The highest BCUT2D eigenvalue weighted by atomic mass is 35.5. The Labute approximate surface area is 241 Å². The average molecular weight is 579 g/mol. The number of nitrogens with one attached hydrogen (secondary N) is 1. The van der Waals surface area contributed by atoms with Crippen molar-refractivity contribution in [3.05, 3.63) is 109 Å². The van der Waals surface area contributed by atoms with Crippen molar-refractivity contribution in [3.63, 3.8) is 0 Å². The lowest BCUT2D eigenvalue weighted by Gasteiger charge is -2.19. The van der Waals surface area contributed by atoms with Gasteiger partial charge < -0.3 is 9.72 Å². The molecular weight excluding hydrogens is 550 g/mol. The summed E-state index contributed by atoms with van der Waals surface area (Å²) >= 11 is 6.06. The average Bonchev–Trinajstić information content (AvgIpc) is 2.95. The summed E-state index contributed by atoms with van der Waals surface area (Å²) in [4.78, 5) is 33.4. The molecule has 0 unspecified atom stereocenters. The van der Waals surface area contributed by atoms with E-state index < -0.39 is 29.3 Å². The molecule has 0 fully saturated rings. The Morgan fingerprint density at radius 2 is 1.83 bits per heavy atom. The van der Waals surface area contributed by atoms with Gasteiger partial charge in [0.15, 0.2) is 5.69 Å². The summed E-state index contributed by atoms with van der Waals surface area (Å²) < 4.78 is 36.6. The van der Waals surface area contributed by atoms with Crippen molar-refractivity contribution in [2.24, 2.45) is 0 Å². The summed E-state index contributed by atoms with van der Waals surface area (Å²) in [5.74, 6) is -3.84. The fraction of sp³-hybridized carbons (Fsp3) is 0.290. The Morgan fingerprint density at radius 3 is 2.44 bits per heavy atom. The third kappa shape index (κ3) is 6.39. The van der Waals surface area contributed by atoms with Crippen LogP contribution in [0.1, 0.15) is 68.1 Å². The summed E-state index contributed by atoms with van der Waals surface area (Å²) in [6, 6.07) is 15.3. The van der Waals surface area contributed by atoms with Gasteiger partial charge in [-0.2, -0.15) is 14.0 Å². The number of rotatable bonds is 9. The SMILES string of the molecule is CCc1[nH]c(=O)c(-c2ccc(C(C)C)cc2)cc1Cn1cnc(C(F)(F)CC)c(Oc2cc(Cl)cc(C#N)c2)c1=O. The van der Waals surface area contributed by atoms with Gasteiger partial charge in [0.2, 0.25) is 5.75 Å². The lowest BCUT2D eigenvalue weighted by atomic mass is 9.98. The van der Waals surface area contributed by atoms with Crippen LogP contribution in [0.25, 0.3) is 11.1 Å². The molecule has 0 amide bonds. The molecule has 10 heteroatoms. The minimum Gasteiger partial charge on any atom is -0.449 e. The Bertz CT molecular complexity index is 1740. The molecule has 1 N–H and O–H groups in total. The molecule has 0 saturated heterocycles. The Balaban J connectivity index is 1.82. The largest absolute Gasteiger partial charge is 0.449 e. The Hall–Kier alpha value is -4.29. The summed E-state index contributed by atoms with van der Waals surface area (Å²) in [5.41, 5.74) is 1.67. The van der Waals surface area contributed by atoms with Gasteiger partial charge in [0.1, 0.15) is 5.75 Å². The van der Waals surface area contributed by atoms with Crippen LogP contribution < -0.4 is 15.9 Å². The molecule has 0 aliphatic heterocycles. The highest BCUT2D eigenvalue weighted by molar-refractivity contribution is 6.30. The maximum atomic E-state index is 14.9. The molecule has 7 nitrogen and oxygen atoms in total. The lowest BCUT2D eigenvalue weighted by molar-refractivity contribution is -0.0151. The standard InChI is InChI=1S/C31H29ClF2N4O3/c1-5-26-22(13-25(29(39)37-26)21-9-7-20(8-10-21)18(3)4)16-38-17-36-28(31(33,34)6-2)27(30(38)40)41-24-12-19(15-35)11-23(32)14-24/h7-14,17-18H,5-6,16H2,1-4H3,(H,37,39). The highest BCUT2D eigenvalue weighted by Crippen LogP contribution is 2.36. The first kappa shape index (κ1) is 29.7. The van der Waals surface area contributed by atoms with Crippen LogP contribution in [0.3, 0.4) is 0 Å². The van der Waals surface area contributed by atoms with Gasteiger partial charge in [-0.1, -0.05) is 63.6 Å². The van der Waals surface area contributed by atoms with E-state index in [4.69, 9.17) is 16.3 Å². The van der Waals surface area contributed by atoms with Gasteiger partial charge in [-0.15, -0.1) is 0 Å². The molecule has 0 atom stereocenters. The second kappa shape index (κ2) is 12.1. The van der Waals surface area contributed by atoms with E-state index in [9.17, 15) is 23.6 Å². The summed E-state index contributed by atoms with van der Waals surface area (Å²) in [5, 5.41) is 9.40. The second-order valence-electron chi connectivity index (χ2n) is 9.95. The van der Waals surface area contributed by atoms with Gasteiger partial charge in [0.05, 0.1) is 24.5 Å². The van der Waals surface area contributed by atoms with Gasteiger partial charge in [0.25, 0.3) is 17.0 Å². The van der Waals surface area contributed by atoms with Crippen molar-refractivity contribution in [2.45, 2.75) is 58.9 Å². The molecule has 0 bridgehead atoms. The number of benzene rings is 2. The molecule has 0 spiro atoms. The molecule has 41 heavy (non-hydrogen) atoms. The highest BCUT2D eigenvalue weighted by Gasteiger charge is 2.37. The predicted molar refractivity (Wildman–Crippen MR) is 154 cm³/mol. The number of pyridine rings is 1. The van der Waals surface area contributed by atoms with Crippen LogP contribution in [0.2, 0.25) is 5.02 Å². The van der Waals surface area contributed by atoms with E-state index in [2.05, 4.69) is 23.8 Å². The second-order valence-corrected chi connectivity index (χ2v) is 10.4.